The summed E-state index contributed by atoms with van der Waals surface area (Å²) in [6.45, 7) is 0.860. The Morgan fingerprint density at radius 3 is 2.25 bits per heavy atom. The Balaban J connectivity index is 2.54. The Morgan fingerprint density at radius 1 is 1.21 bits per heavy atom. The van der Waals surface area contributed by atoms with Crippen molar-refractivity contribution >= 4 is 17.5 Å². The minimum atomic E-state index is -1.17. The van der Waals surface area contributed by atoms with Crippen LogP contribution in [0.5, 0.6) is 11.5 Å². The fourth-order valence-corrected chi connectivity index (χ4v) is 1.97. The van der Waals surface area contributed by atoms with Gasteiger partial charge in [-0.2, -0.15) is 5.26 Å². The fourth-order valence-electron chi connectivity index (χ4n) is 1.97. The molecule has 0 radical (unpaired) electrons. The molecule has 7 nitrogen and oxygen atoms in total. The summed E-state index contributed by atoms with van der Waals surface area (Å²) in [6.07, 6.45) is 0.469. The van der Waals surface area contributed by atoms with Gasteiger partial charge in [-0.3, -0.25) is 9.59 Å². The van der Waals surface area contributed by atoms with E-state index in [1.165, 1.54) is 21.1 Å². The van der Waals surface area contributed by atoms with Gasteiger partial charge in [0, 0.05) is 18.2 Å². The molecule has 0 aliphatic rings. The van der Waals surface area contributed by atoms with E-state index < -0.39 is 24.3 Å². The molecule has 0 aliphatic carbocycles. The lowest BCUT2D eigenvalue weighted by Crippen LogP contribution is -2.25. The van der Waals surface area contributed by atoms with Crippen LogP contribution >= 0.6 is 0 Å². The van der Waals surface area contributed by atoms with Gasteiger partial charge < -0.3 is 19.6 Å². The molecule has 0 aromatic heterocycles. The van der Waals surface area contributed by atoms with Crippen LogP contribution in [0, 0.1) is 22.7 Å². The summed E-state index contributed by atoms with van der Waals surface area (Å²) < 4.78 is 15.2. The van der Waals surface area contributed by atoms with Gasteiger partial charge >= 0.3 is 5.97 Å². The number of carbonyl (C=O) groups excluding carboxylic acids is 2. The molecular formula is C17H20N2O5. The van der Waals surface area contributed by atoms with Gasteiger partial charge in [-0.15, -0.1) is 0 Å². The summed E-state index contributed by atoms with van der Waals surface area (Å²) in [6, 6.07) is 7.01. The lowest BCUT2D eigenvalue weighted by Gasteiger charge is -2.09. The highest BCUT2D eigenvalue weighted by Crippen LogP contribution is 2.23. The summed E-state index contributed by atoms with van der Waals surface area (Å²) in [5, 5.41) is 16.1. The van der Waals surface area contributed by atoms with Gasteiger partial charge in [0.15, 0.2) is 12.4 Å². The number of carbonyl (C=O) groups is 2. The zero-order chi connectivity index (χ0) is 18.1. The Labute approximate surface area is 140 Å². The standard InChI is InChI=1S/C17H20N2O5/c1-11(19)15(9-18)16(20)10-24-17(21)5-4-12-6-13(22-2)8-14(7-12)23-3/h6-8,15,19H,4-5,10H2,1-3H3. The van der Waals surface area contributed by atoms with Crippen molar-refractivity contribution in [1.82, 2.24) is 0 Å². The summed E-state index contributed by atoms with van der Waals surface area (Å²) in [4.78, 5) is 23.4. The van der Waals surface area contributed by atoms with Crippen LogP contribution < -0.4 is 9.47 Å². The maximum atomic E-state index is 11.7. The molecule has 0 aliphatic heterocycles. The van der Waals surface area contributed by atoms with Crippen molar-refractivity contribution in [3.63, 3.8) is 0 Å². The number of nitrogens with zero attached hydrogens (tertiary/aromatic N) is 1. The second kappa shape index (κ2) is 9.30. The van der Waals surface area contributed by atoms with E-state index in [1.807, 2.05) is 0 Å². The third-order valence-corrected chi connectivity index (χ3v) is 3.29. The molecule has 24 heavy (non-hydrogen) atoms. The van der Waals surface area contributed by atoms with Crippen molar-refractivity contribution in [3.8, 4) is 17.6 Å². The topological polar surface area (TPSA) is 109 Å². The van der Waals surface area contributed by atoms with Gasteiger partial charge in [-0.1, -0.05) is 0 Å². The average molecular weight is 332 g/mol. The number of nitrogens with one attached hydrogen (secondary N) is 1. The van der Waals surface area contributed by atoms with Gasteiger partial charge in [-0.05, 0) is 31.0 Å². The Morgan fingerprint density at radius 2 is 1.79 bits per heavy atom. The van der Waals surface area contributed by atoms with Crippen molar-refractivity contribution in [1.29, 1.82) is 10.7 Å². The molecule has 0 saturated heterocycles. The number of rotatable bonds is 9. The largest absolute Gasteiger partial charge is 0.497 e. The minimum absolute atomic E-state index is 0.0676. The number of ketones is 1. The number of hydrogen-bond donors (Lipinski definition) is 1. The van der Waals surface area contributed by atoms with Crippen LogP contribution in [0.2, 0.25) is 0 Å². The Bertz CT molecular complexity index is 641. The molecule has 0 spiro atoms. The van der Waals surface area contributed by atoms with Crippen LogP contribution in [0.15, 0.2) is 18.2 Å². The lowest BCUT2D eigenvalue weighted by molar-refractivity contribution is -0.148. The van der Waals surface area contributed by atoms with Gasteiger partial charge in [-0.25, -0.2) is 0 Å². The van der Waals surface area contributed by atoms with Crippen molar-refractivity contribution in [2.45, 2.75) is 19.8 Å². The molecule has 0 amide bonds. The third kappa shape index (κ3) is 5.72. The van der Waals surface area contributed by atoms with E-state index in [1.54, 1.807) is 24.3 Å². The predicted molar refractivity (Wildman–Crippen MR) is 86.3 cm³/mol. The molecule has 0 heterocycles. The van der Waals surface area contributed by atoms with Gasteiger partial charge in [0.2, 0.25) is 0 Å². The molecule has 1 aromatic carbocycles. The molecular weight excluding hydrogens is 312 g/mol. The molecule has 7 heteroatoms. The number of nitriles is 1. The van der Waals surface area contributed by atoms with Crippen LogP contribution in [0.1, 0.15) is 18.9 Å². The lowest BCUT2D eigenvalue weighted by atomic mass is 10.0. The zero-order valence-corrected chi connectivity index (χ0v) is 13.9. The molecule has 1 unspecified atom stereocenters. The summed E-state index contributed by atoms with van der Waals surface area (Å²) >= 11 is 0. The van der Waals surface area contributed by atoms with E-state index in [0.29, 0.717) is 17.9 Å². The van der Waals surface area contributed by atoms with E-state index in [2.05, 4.69) is 0 Å². The second-order valence-electron chi connectivity index (χ2n) is 5.09. The van der Waals surface area contributed by atoms with Crippen LogP contribution in [0.25, 0.3) is 0 Å². The number of esters is 1. The first-order valence-corrected chi connectivity index (χ1v) is 7.26. The first kappa shape index (κ1) is 19.2. The molecule has 1 N–H and O–H groups in total. The molecule has 128 valence electrons. The molecule has 0 fully saturated rings. The number of benzene rings is 1. The minimum Gasteiger partial charge on any atom is -0.497 e. The van der Waals surface area contributed by atoms with Crippen molar-refractivity contribution < 1.29 is 23.8 Å². The summed E-state index contributed by atoms with van der Waals surface area (Å²) in [5.41, 5.74) is 0.765. The van der Waals surface area contributed by atoms with Crippen molar-refractivity contribution in [2.75, 3.05) is 20.8 Å². The normalized spacial score (nSPS) is 11.1. The van der Waals surface area contributed by atoms with Crippen LogP contribution in [0.3, 0.4) is 0 Å². The smallest absolute Gasteiger partial charge is 0.306 e. The molecule has 1 rings (SSSR count). The zero-order valence-electron chi connectivity index (χ0n) is 13.9. The van der Waals surface area contributed by atoms with Crippen LogP contribution in [-0.2, 0) is 20.7 Å². The molecule has 1 aromatic rings. The van der Waals surface area contributed by atoms with Crippen molar-refractivity contribution in [3.05, 3.63) is 23.8 Å². The Kier molecular flexibility index (Phi) is 7.43. The Hall–Kier alpha value is -2.88. The fraction of sp³-hybridized carbons (Fsp3) is 0.412. The van der Waals surface area contributed by atoms with E-state index in [-0.39, 0.29) is 12.1 Å². The van der Waals surface area contributed by atoms with E-state index >= 15 is 0 Å². The molecule has 1 atom stereocenters. The van der Waals surface area contributed by atoms with Crippen LogP contribution in [0.4, 0.5) is 0 Å². The number of methoxy groups -OCH3 is 2. The SMILES string of the molecule is COc1cc(CCC(=O)OCC(=O)C(C#N)C(C)=N)cc(OC)c1. The number of aryl methyl sites for hydroxylation is 1. The van der Waals surface area contributed by atoms with Gasteiger partial charge in [0.25, 0.3) is 0 Å². The monoisotopic (exact) mass is 332 g/mol. The quantitative estimate of drug-likeness (QED) is 0.546. The first-order valence-electron chi connectivity index (χ1n) is 7.26. The predicted octanol–water partition coefficient (Wildman–Crippen LogP) is 1.93. The summed E-state index contributed by atoms with van der Waals surface area (Å²) in [7, 11) is 3.07. The van der Waals surface area contributed by atoms with Gasteiger partial charge in [0.05, 0.1) is 20.3 Å². The number of Topliss-reactive ketones (excluding diaryl/α,β-unsaturated/α-hetero) is 1. The highest BCUT2D eigenvalue weighted by atomic mass is 16.5. The maximum Gasteiger partial charge on any atom is 0.306 e. The van der Waals surface area contributed by atoms with Crippen molar-refractivity contribution in [2.24, 2.45) is 5.92 Å². The average Bonchev–Trinajstić information content (AvgIpc) is 2.57. The number of hydrogen-bond acceptors (Lipinski definition) is 7. The third-order valence-electron chi connectivity index (χ3n) is 3.29. The summed E-state index contributed by atoms with van der Waals surface area (Å²) in [5.74, 6) is -1.08. The van der Waals surface area contributed by atoms with Gasteiger partial charge in [0.1, 0.15) is 17.4 Å². The molecule has 0 saturated carbocycles. The molecule has 0 bridgehead atoms. The second-order valence-corrected chi connectivity index (χ2v) is 5.09. The van der Waals surface area contributed by atoms with E-state index in [9.17, 15) is 9.59 Å². The highest BCUT2D eigenvalue weighted by molar-refractivity contribution is 6.05. The van der Waals surface area contributed by atoms with Crippen LogP contribution in [-0.4, -0.2) is 38.3 Å². The number of ether oxygens (including phenoxy) is 3. The van der Waals surface area contributed by atoms with E-state index in [4.69, 9.17) is 24.9 Å². The maximum absolute atomic E-state index is 11.7. The highest BCUT2D eigenvalue weighted by Gasteiger charge is 2.21. The van der Waals surface area contributed by atoms with E-state index in [0.717, 1.165) is 5.56 Å². The first-order chi connectivity index (χ1) is 11.4.